The van der Waals surface area contributed by atoms with Crippen LogP contribution in [0.2, 0.25) is 0 Å². The van der Waals surface area contributed by atoms with Gasteiger partial charge in [-0.25, -0.2) is 9.67 Å². The molecule has 0 aliphatic rings. The van der Waals surface area contributed by atoms with E-state index in [0.29, 0.717) is 30.3 Å². The normalized spacial score (nSPS) is 11.1. The molecule has 0 radical (unpaired) electrons. The summed E-state index contributed by atoms with van der Waals surface area (Å²) in [5, 5.41) is 8.77. The van der Waals surface area contributed by atoms with Crippen LogP contribution >= 0.6 is 0 Å². The molecule has 0 fully saturated rings. The highest BCUT2D eigenvalue weighted by molar-refractivity contribution is 5.88. The third-order valence-corrected chi connectivity index (χ3v) is 5.80. The zero-order valence-electron chi connectivity index (χ0n) is 20.6. The number of nitrogens with zero attached hydrogens (tertiary/aromatic N) is 4. The second-order valence-electron chi connectivity index (χ2n) is 8.41. The standard InChI is InChI=1S/C26H31N5O3/c1-7-34-21-11-10-20(13-22(21)33-6)14-27-23(32)15-30-25-24(16(2)12-17(3)28-25)26(29-30)31-18(4)8-9-19(31)5/h8-13H,7,14-15H2,1-6H3,(H,27,32). The number of ether oxygens (including phenoxy) is 2. The second-order valence-corrected chi connectivity index (χ2v) is 8.41. The first kappa shape index (κ1) is 23.4. The van der Waals surface area contributed by atoms with Crippen LogP contribution in [-0.4, -0.2) is 39.0 Å². The van der Waals surface area contributed by atoms with Crippen molar-refractivity contribution in [2.24, 2.45) is 0 Å². The van der Waals surface area contributed by atoms with Crippen molar-refractivity contribution >= 4 is 16.9 Å². The van der Waals surface area contributed by atoms with Crippen LogP contribution < -0.4 is 14.8 Å². The minimum atomic E-state index is -0.147. The average molecular weight is 462 g/mol. The lowest BCUT2D eigenvalue weighted by Crippen LogP contribution is -2.27. The molecule has 4 rings (SSSR count). The number of rotatable bonds is 8. The molecule has 0 aliphatic carbocycles. The molecule has 0 aliphatic heterocycles. The Labute approximate surface area is 199 Å². The molecule has 0 saturated carbocycles. The minimum Gasteiger partial charge on any atom is -0.493 e. The van der Waals surface area contributed by atoms with Gasteiger partial charge in [0.05, 0.1) is 19.1 Å². The van der Waals surface area contributed by atoms with Gasteiger partial charge in [-0.2, -0.15) is 5.10 Å². The van der Waals surface area contributed by atoms with Gasteiger partial charge in [0.25, 0.3) is 0 Å². The number of amides is 1. The molecule has 3 aromatic heterocycles. The van der Waals surface area contributed by atoms with Crippen LogP contribution in [0.25, 0.3) is 16.9 Å². The molecule has 8 nitrogen and oxygen atoms in total. The van der Waals surface area contributed by atoms with Crippen LogP contribution in [-0.2, 0) is 17.9 Å². The lowest BCUT2D eigenvalue weighted by atomic mass is 10.1. The minimum absolute atomic E-state index is 0.0694. The Morgan fingerprint density at radius 1 is 1.03 bits per heavy atom. The highest BCUT2D eigenvalue weighted by Crippen LogP contribution is 2.29. The molecule has 8 heteroatoms. The van der Waals surface area contributed by atoms with Gasteiger partial charge in [-0.15, -0.1) is 0 Å². The maximum Gasteiger partial charge on any atom is 0.242 e. The zero-order chi connectivity index (χ0) is 24.4. The molecular formula is C26H31N5O3. The van der Waals surface area contributed by atoms with E-state index in [1.807, 2.05) is 52.0 Å². The molecule has 1 amide bonds. The summed E-state index contributed by atoms with van der Waals surface area (Å²) in [4.78, 5) is 17.6. The number of benzene rings is 1. The van der Waals surface area contributed by atoms with Gasteiger partial charge in [0, 0.05) is 23.6 Å². The summed E-state index contributed by atoms with van der Waals surface area (Å²) < 4.78 is 14.8. The van der Waals surface area contributed by atoms with Gasteiger partial charge in [-0.05, 0) is 76.1 Å². The summed E-state index contributed by atoms with van der Waals surface area (Å²) in [6.07, 6.45) is 0. The van der Waals surface area contributed by atoms with Crippen molar-refractivity contribution in [2.45, 2.75) is 47.7 Å². The largest absolute Gasteiger partial charge is 0.493 e. The number of carbonyl (C=O) groups is 1. The molecule has 0 atom stereocenters. The molecule has 4 aromatic rings. The van der Waals surface area contributed by atoms with Crippen LogP contribution in [0.1, 0.15) is 35.1 Å². The number of pyridine rings is 1. The first-order valence-corrected chi connectivity index (χ1v) is 11.4. The fourth-order valence-electron chi connectivity index (χ4n) is 4.25. The van der Waals surface area contributed by atoms with Gasteiger partial charge in [-0.3, -0.25) is 4.79 Å². The zero-order valence-corrected chi connectivity index (χ0v) is 20.6. The van der Waals surface area contributed by atoms with Crippen LogP contribution in [0.3, 0.4) is 0 Å². The van der Waals surface area contributed by atoms with E-state index >= 15 is 0 Å². The third kappa shape index (κ3) is 4.48. The SMILES string of the molecule is CCOc1ccc(CNC(=O)Cn2nc(-n3c(C)ccc3C)c3c(C)cc(C)nc32)cc1OC. The summed E-state index contributed by atoms with van der Waals surface area (Å²) >= 11 is 0. The molecule has 1 N–H and O–H groups in total. The Balaban J connectivity index is 1.59. The first-order chi connectivity index (χ1) is 16.3. The Hall–Kier alpha value is -3.81. The summed E-state index contributed by atoms with van der Waals surface area (Å²) in [5.74, 6) is 1.97. The van der Waals surface area contributed by atoms with E-state index in [1.165, 1.54) is 0 Å². The highest BCUT2D eigenvalue weighted by atomic mass is 16.5. The van der Waals surface area contributed by atoms with Crippen LogP contribution in [0.15, 0.2) is 36.4 Å². The van der Waals surface area contributed by atoms with Crippen LogP contribution in [0.4, 0.5) is 0 Å². The predicted octanol–water partition coefficient (Wildman–Crippen LogP) is 4.18. The van der Waals surface area contributed by atoms with E-state index in [4.69, 9.17) is 19.6 Å². The van der Waals surface area contributed by atoms with Gasteiger partial charge in [0.2, 0.25) is 5.91 Å². The van der Waals surface area contributed by atoms with Crippen molar-refractivity contribution < 1.29 is 14.3 Å². The van der Waals surface area contributed by atoms with E-state index in [0.717, 1.165) is 39.4 Å². The number of aromatic nitrogens is 4. The van der Waals surface area contributed by atoms with E-state index < -0.39 is 0 Å². The van der Waals surface area contributed by atoms with Gasteiger partial charge < -0.3 is 19.4 Å². The summed E-state index contributed by atoms with van der Waals surface area (Å²) in [7, 11) is 1.60. The van der Waals surface area contributed by atoms with Gasteiger partial charge >= 0.3 is 0 Å². The quantitative estimate of drug-likeness (QED) is 0.426. The fraction of sp³-hybridized carbons (Fsp3) is 0.346. The lowest BCUT2D eigenvalue weighted by molar-refractivity contribution is -0.121. The Morgan fingerprint density at radius 3 is 2.44 bits per heavy atom. The van der Waals surface area contributed by atoms with Crippen LogP contribution in [0, 0.1) is 27.7 Å². The number of nitrogens with one attached hydrogen (secondary N) is 1. The summed E-state index contributed by atoms with van der Waals surface area (Å²) in [6.45, 7) is 11.0. The maximum absolute atomic E-state index is 12.9. The molecule has 0 spiro atoms. The van der Waals surface area contributed by atoms with Crippen molar-refractivity contribution in [1.29, 1.82) is 0 Å². The smallest absolute Gasteiger partial charge is 0.242 e. The van der Waals surface area contributed by atoms with Crippen molar-refractivity contribution in [3.8, 4) is 17.3 Å². The van der Waals surface area contributed by atoms with E-state index in [9.17, 15) is 4.79 Å². The van der Waals surface area contributed by atoms with Crippen molar-refractivity contribution in [1.82, 2.24) is 24.6 Å². The van der Waals surface area contributed by atoms with Gasteiger partial charge in [0.1, 0.15) is 6.54 Å². The third-order valence-electron chi connectivity index (χ3n) is 5.80. The lowest BCUT2D eigenvalue weighted by Gasteiger charge is -2.11. The highest BCUT2D eigenvalue weighted by Gasteiger charge is 2.20. The number of fused-ring (bicyclic) bond motifs is 1. The molecule has 0 bridgehead atoms. The molecular weight excluding hydrogens is 430 g/mol. The molecule has 34 heavy (non-hydrogen) atoms. The van der Waals surface area contributed by atoms with E-state index in [1.54, 1.807) is 11.8 Å². The molecule has 0 unspecified atom stereocenters. The predicted molar refractivity (Wildman–Crippen MR) is 132 cm³/mol. The second kappa shape index (κ2) is 9.59. The maximum atomic E-state index is 12.9. The van der Waals surface area contributed by atoms with Crippen molar-refractivity contribution in [3.05, 3.63) is 64.6 Å². The number of aryl methyl sites for hydroxylation is 4. The number of hydrogen-bond acceptors (Lipinski definition) is 5. The number of hydrogen-bond donors (Lipinski definition) is 1. The first-order valence-electron chi connectivity index (χ1n) is 11.4. The number of carbonyl (C=O) groups excluding carboxylic acids is 1. The Morgan fingerprint density at radius 2 is 1.76 bits per heavy atom. The van der Waals surface area contributed by atoms with E-state index in [2.05, 4.69) is 28.9 Å². The van der Waals surface area contributed by atoms with Crippen molar-refractivity contribution in [3.63, 3.8) is 0 Å². The fourth-order valence-corrected chi connectivity index (χ4v) is 4.25. The van der Waals surface area contributed by atoms with Crippen LogP contribution in [0.5, 0.6) is 11.5 Å². The van der Waals surface area contributed by atoms with Gasteiger partial charge in [-0.1, -0.05) is 6.07 Å². The Bertz CT molecular complexity index is 1330. The van der Waals surface area contributed by atoms with E-state index in [-0.39, 0.29) is 12.5 Å². The molecule has 1 aromatic carbocycles. The molecule has 3 heterocycles. The molecule has 0 saturated heterocycles. The molecule has 178 valence electrons. The summed E-state index contributed by atoms with van der Waals surface area (Å²) in [5.41, 5.74) is 5.76. The topological polar surface area (TPSA) is 83.2 Å². The summed E-state index contributed by atoms with van der Waals surface area (Å²) in [6, 6.07) is 11.8. The number of methoxy groups -OCH3 is 1. The van der Waals surface area contributed by atoms with Crippen molar-refractivity contribution in [2.75, 3.05) is 13.7 Å². The monoisotopic (exact) mass is 461 g/mol. The van der Waals surface area contributed by atoms with Gasteiger partial charge in [0.15, 0.2) is 23.0 Å². The Kier molecular flexibility index (Phi) is 6.58. The average Bonchev–Trinajstić information content (AvgIpc) is 3.32.